The molecule has 180 valence electrons. The average Bonchev–Trinajstić information content (AvgIpc) is 3.25. The third kappa shape index (κ3) is 5.96. The van der Waals surface area contributed by atoms with Gasteiger partial charge >= 0.3 is 0 Å². The topological polar surface area (TPSA) is 96.3 Å². The molecule has 1 amide bonds. The van der Waals surface area contributed by atoms with Crippen LogP contribution in [0, 0.1) is 0 Å². The number of amides is 1. The summed E-state index contributed by atoms with van der Waals surface area (Å²) < 4.78 is 7.68. The van der Waals surface area contributed by atoms with Crippen LogP contribution in [-0.4, -0.2) is 53.1 Å². The number of methoxy groups -OCH3 is 1. The Hall–Kier alpha value is -4.37. The maximum absolute atomic E-state index is 11.6. The lowest BCUT2D eigenvalue weighted by Gasteiger charge is -2.13. The van der Waals surface area contributed by atoms with Gasteiger partial charge in [0.05, 0.1) is 13.3 Å². The number of likely N-dealkylation sites (N-methyl/N-ethyl adjacent to an activating group) is 1. The van der Waals surface area contributed by atoms with Crippen LogP contribution in [0.1, 0.15) is 0 Å². The number of ether oxygens (including phenoxy) is 1. The Bertz CT molecular complexity index is 1350. The van der Waals surface area contributed by atoms with Gasteiger partial charge in [-0.3, -0.25) is 4.79 Å². The molecule has 0 saturated heterocycles. The summed E-state index contributed by atoms with van der Waals surface area (Å²) in [6.07, 6.45) is 4.94. The van der Waals surface area contributed by atoms with E-state index >= 15 is 0 Å². The highest BCUT2D eigenvalue weighted by Gasteiger charge is 2.10. The molecule has 3 N–H and O–H groups in total. The number of hydrogen-bond acceptors (Lipinski definition) is 7. The third-order valence-corrected chi connectivity index (χ3v) is 5.37. The zero-order chi connectivity index (χ0) is 24.8. The van der Waals surface area contributed by atoms with Crippen molar-refractivity contribution in [1.82, 2.24) is 19.4 Å². The second kappa shape index (κ2) is 10.7. The van der Waals surface area contributed by atoms with Crippen molar-refractivity contribution in [2.24, 2.45) is 0 Å². The van der Waals surface area contributed by atoms with E-state index in [4.69, 9.17) is 4.74 Å². The monoisotopic (exact) mass is 471 g/mol. The Balaban J connectivity index is 1.53. The van der Waals surface area contributed by atoms with Crippen molar-refractivity contribution in [2.45, 2.75) is 6.54 Å². The van der Waals surface area contributed by atoms with Crippen molar-refractivity contribution in [3.63, 3.8) is 0 Å². The van der Waals surface area contributed by atoms with Crippen molar-refractivity contribution < 1.29 is 9.53 Å². The lowest BCUT2D eigenvalue weighted by molar-refractivity contribution is -0.111. The van der Waals surface area contributed by atoms with Gasteiger partial charge in [-0.1, -0.05) is 12.6 Å². The molecule has 9 heteroatoms. The Morgan fingerprint density at radius 2 is 1.91 bits per heavy atom. The van der Waals surface area contributed by atoms with Gasteiger partial charge in [0, 0.05) is 47.3 Å². The van der Waals surface area contributed by atoms with Gasteiger partial charge in [-0.2, -0.15) is 4.98 Å². The van der Waals surface area contributed by atoms with Crippen molar-refractivity contribution >= 4 is 45.6 Å². The lowest BCUT2D eigenvalue weighted by Crippen LogP contribution is -2.17. The molecule has 2 aromatic heterocycles. The Kier molecular flexibility index (Phi) is 7.27. The molecular weight excluding hydrogens is 442 g/mol. The zero-order valence-corrected chi connectivity index (χ0v) is 20.1. The van der Waals surface area contributed by atoms with Gasteiger partial charge in [-0.15, -0.1) is 0 Å². The van der Waals surface area contributed by atoms with Crippen LogP contribution in [0.2, 0.25) is 0 Å². The molecule has 0 radical (unpaired) electrons. The molecule has 0 atom stereocenters. The predicted octanol–water partition coefficient (Wildman–Crippen LogP) is 4.61. The molecule has 4 aromatic rings. The quantitative estimate of drug-likeness (QED) is 0.291. The maximum Gasteiger partial charge on any atom is 0.247 e. The summed E-state index contributed by atoms with van der Waals surface area (Å²) in [7, 11) is 5.71. The van der Waals surface area contributed by atoms with Crippen LogP contribution < -0.4 is 20.7 Å². The van der Waals surface area contributed by atoms with E-state index in [1.54, 1.807) is 25.4 Å². The number of carbonyl (C=O) groups is 1. The summed E-state index contributed by atoms with van der Waals surface area (Å²) in [6, 6.07) is 15.6. The van der Waals surface area contributed by atoms with Crippen molar-refractivity contribution in [3.8, 4) is 5.75 Å². The first-order valence-corrected chi connectivity index (χ1v) is 11.2. The first kappa shape index (κ1) is 23.8. The number of nitrogens with one attached hydrogen (secondary N) is 3. The standard InChI is InChI=1S/C26H29N7O2/c1-5-24(34)28-19-7-6-8-20(16-19)29-25-23(35-4)17-27-26(31-25)30-21-9-10-22-18(15-21)11-12-33(22)14-13-32(2)3/h5-12,15-17H,1,13-14H2,2-4H3,(H,28,34)(H2,27,29,30,31). The van der Waals surface area contributed by atoms with E-state index in [1.807, 2.05) is 18.2 Å². The molecule has 0 aliphatic rings. The van der Waals surface area contributed by atoms with E-state index in [0.717, 1.165) is 29.9 Å². The second-order valence-electron chi connectivity index (χ2n) is 8.22. The second-order valence-corrected chi connectivity index (χ2v) is 8.22. The summed E-state index contributed by atoms with van der Waals surface area (Å²) in [5.74, 6) is 1.13. The van der Waals surface area contributed by atoms with E-state index in [2.05, 4.69) is 80.5 Å². The third-order valence-electron chi connectivity index (χ3n) is 5.37. The molecule has 0 aliphatic heterocycles. The van der Waals surface area contributed by atoms with Gasteiger partial charge in [0.15, 0.2) is 11.6 Å². The van der Waals surface area contributed by atoms with E-state index in [9.17, 15) is 4.79 Å². The summed E-state index contributed by atoms with van der Waals surface area (Å²) in [6.45, 7) is 5.38. The highest BCUT2D eigenvalue weighted by Crippen LogP contribution is 2.28. The van der Waals surface area contributed by atoms with Crippen LogP contribution in [0.3, 0.4) is 0 Å². The van der Waals surface area contributed by atoms with Gasteiger partial charge < -0.3 is 30.2 Å². The fourth-order valence-electron chi connectivity index (χ4n) is 3.58. The molecule has 2 aromatic carbocycles. The molecule has 35 heavy (non-hydrogen) atoms. The number of benzene rings is 2. The number of hydrogen-bond donors (Lipinski definition) is 3. The SMILES string of the molecule is C=CC(=O)Nc1cccc(Nc2nc(Nc3ccc4c(ccn4CCN(C)C)c3)ncc2OC)c1. The summed E-state index contributed by atoms with van der Waals surface area (Å²) in [5.41, 5.74) is 3.43. The zero-order valence-electron chi connectivity index (χ0n) is 20.1. The molecule has 2 heterocycles. The molecule has 0 fully saturated rings. The van der Waals surface area contributed by atoms with Gasteiger partial charge in [0.2, 0.25) is 11.9 Å². The predicted molar refractivity (Wildman–Crippen MR) is 141 cm³/mol. The van der Waals surface area contributed by atoms with Crippen LogP contribution in [0.5, 0.6) is 5.75 Å². The van der Waals surface area contributed by atoms with Crippen LogP contribution >= 0.6 is 0 Å². The average molecular weight is 472 g/mol. The normalized spacial score (nSPS) is 10.9. The Morgan fingerprint density at radius 3 is 2.69 bits per heavy atom. The smallest absolute Gasteiger partial charge is 0.247 e. The highest BCUT2D eigenvalue weighted by atomic mass is 16.5. The van der Waals surface area contributed by atoms with E-state index in [-0.39, 0.29) is 5.91 Å². The molecule has 0 aliphatic carbocycles. The molecule has 4 rings (SSSR count). The summed E-state index contributed by atoms with van der Waals surface area (Å²) >= 11 is 0. The Morgan fingerprint density at radius 1 is 1.11 bits per heavy atom. The van der Waals surface area contributed by atoms with E-state index < -0.39 is 0 Å². The van der Waals surface area contributed by atoms with Gasteiger partial charge in [-0.25, -0.2) is 4.98 Å². The van der Waals surface area contributed by atoms with Crippen LogP contribution in [0.25, 0.3) is 10.9 Å². The molecule has 0 spiro atoms. The first-order valence-electron chi connectivity index (χ1n) is 11.2. The minimum absolute atomic E-state index is 0.279. The van der Waals surface area contributed by atoms with Crippen LogP contribution in [0.4, 0.5) is 28.8 Å². The Labute approximate surface area is 204 Å². The molecule has 0 saturated carbocycles. The maximum atomic E-state index is 11.6. The van der Waals surface area contributed by atoms with Gasteiger partial charge in [0.25, 0.3) is 0 Å². The molecule has 0 unspecified atom stereocenters. The fourth-order valence-corrected chi connectivity index (χ4v) is 3.58. The first-order chi connectivity index (χ1) is 16.9. The summed E-state index contributed by atoms with van der Waals surface area (Å²) in [4.78, 5) is 22.8. The fraction of sp³-hybridized carbons (Fsp3) is 0.192. The number of anilines is 5. The van der Waals surface area contributed by atoms with Crippen molar-refractivity contribution in [2.75, 3.05) is 43.7 Å². The van der Waals surface area contributed by atoms with Gasteiger partial charge in [0.1, 0.15) is 0 Å². The van der Waals surface area contributed by atoms with Crippen molar-refractivity contribution in [1.29, 1.82) is 0 Å². The lowest BCUT2D eigenvalue weighted by atomic mass is 10.2. The van der Waals surface area contributed by atoms with Crippen molar-refractivity contribution in [3.05, 3.63) is 73.6 Å². The summed E-state index contributed by atoms with van der Waals surface area (Å²) in [5, 5.41) is 10.4. The number of carbonyl (C=O) groups excluding carboxylic acids is 1. The number of nitrogens with zero attached hydrogens (tertiary/aromatic N) is 4. The highest BCUT2D eigenvalue weighted by molar-refractivity contribution is 5.99. The molecule has 9 nitrogen and oxygen atoms in total. The molecule has 0 bridgehead atoms. The largest absolute Gasteiger partial charge is 0.491 e. The number of rotatable bonds is 10. The minimum atomic E-state index is -0.279. The number of fused-ring (bicyclic) bond motifs is 1. The van der Waals surface area contributed by atoms with Crippen LogP contribution in [-0.2, 0) is 11.3 Å². The van der Waals surface area contributed by atoms with Crippen LogP contribution in [0.15, 0.2) is 73.6 Å². The van der Waals surface area contributed by atoms with Gasteiger partial charge in [-0.05, 0) is 62.6 Å². The minimum Gasteiger partial charge on any atom is -0.491 e. The number of aromatic nitrogens is 3. The van der Waals surface area contributed by atoms with E-state index in [1.165, 1.54) is 11.6 Å². The van der Waals surface area contributed by atoms with E-state index in [0.29, 0.717) is 23.2 Å². The molecular formula is C26H29N7O2.